The van der Waals surface area contributed by atoms with Crippen molar-refractivity contribution in [2.45, 2.75) is 0 Å². The maximum atomic E-state index is 13.7. The number of carbonyl (C=O) groups is 2. The molecule has 0 aromatic heterocycles. The highest BCUT2D eigenvalue weighted by Crippen LogP contribution is 2.40. The van der Waals surface area contributed by atoms with Crippen LogP contribution in [0.3, 0.4) is 0 Å². The van der Waals surface area contributed by atoms with Gasteiger partial charge in [-0.1, -0.05) is 0 Å². The van der Waals surface area contributed by atoms with Gasteiger partial charge in [0.2, 0.25) is 40.6 Å². The SMILES string of the molecule is COc1cc(/C=C2\Oc3cc(OC(=O)COc4c(F)c(F)c(F)c(F)c4F)ccc3C2=O)cc(OC)c1OC. The quantitative estimate of drug-likeness (QED) is 0.0963. The molecule has 0 radical (unpaired) electrons. The highest BCUT2D eigenvalue weighted by molar-refractivity contribution is 6.14. The maximum Gasteiger partial charge on any atom is 0.349 e. The molecule has 204 valence electrons. The molecule has 0 bridgehead atoms. The smallest absolute Gasteiger partial charge is 0.349 e. The highest BCUT2D eigenvalue weighted by atomic mass is 19.2. The second-order valence-corrected chi connectivity index (χ2v) is 7.72. The number of halogens is 5. The molecule has 8 nitrogen and oxygen atoms in total. The summed E-state index contributed by atoms with van der Waals surface area (Å²) in [5.74, 6) is -13.8. The number of fused-ring (bicyclic) bond motifs is 1. The van der Waals surface area contributed by atoms with Crippen LogP contribution in [0.4, 0.5) is 22.0 Å². The van der Waals surface area contributed by atoms with E-state index in [-0.39, 0.29) is 22.8 Å². The number of methoxy groups -OCH3 is 3. The molecule has 0 fully saturated rings. The van der Waals surface area contributed by atoms with Crippen molar-refractivity contribution in [3.63, 3.8) is 0 Å². The Morgan fingerprint density at radius 3 is 1.97 bits per heavy atom. The zero-order valence-corrected chi connectivity index (χ0v) is 20.3. The summed E-state index contributed by atoms with van der Waals surface area (Å²) in [5.41, 5.74) is 0.628. The summed E-state index contributed by atoms with van der Waals surface area (Å²) in [7, 11) is 4.30. The molecule has 4 rings (SSSR count). The van der Waals surface area contributed by atoms with Gasteiger partial charge in [-0.15, -0.1) is 0 Å². The van der Waals surface area contributed by atoms with Crippen LogP contribution >= 0.6 is 0 Å². The number of ketones is 1. The summed E-state index contributed by atoms with van der Waals surface area (Å²) in [6.07, 6.45) is 1.43. The largest absolute Gasteiger partial charge is 0.493 e. The first kappa shape index (κ1) is 27.2. The van der Waals surface area contributed by atoms with Gasteiger partial charge in [-0.05, 0) is 35.9 Å². The molecular weight excluding hydrogens is 535 g/mol. The zero-order valence-electron chi connectivity index (χ0n) is 20.3. The minimum atomic E-state index is -2.37. The zero-order chi connectivity index (χ0) is 28.4. The van der Waals surface area contributed by atoms with Crippen molar-refractivity contribution >= 4 is 17.8 Å². The number of benzene rings is 3. The third-order valence-electron chi connectivity index (χ3n) is 5.36. The second-order valence-electron chi connectivity index (χ2n) is 7.72. The van der Waals surface area contributed by atoms with E-state index in [2.05, 4.69) is 4.74 Å². The Labute approximate surface area is 217 Å². The lowest BCUT2D eigenvalue weighted by atomic mass is 10.1. The topological polar surface area (TPSA) is 89.5 Å². The number of allylic oxidation sites excluding steroid dienone is 1. The summed E-state index contributed by atoms with van der Waals surface area (Å²) in [5, 5.41) is 0. The summed E-state index contributed by atoms with van der Waals surface area (Å²) in [4.78, 5) is 24.9. The van der Waals surface area contributed by atoms with Crippen molar-refractivity contribution in [1.82, 2.24) is 0 Å². The molecule has 0 amide bonds. The number of esters is 1. The molecule has 39 heavy (non-hydrogen) atoms. The van der Waals surface area contributed by atoms with Crippen molar-refractivity contribution < 1.29 is 60.0 Å². The lowest BCUT2D eigenvalue weighted by molar-refractivity contribution is -0.136. The van der Waals surface area contributed by atoms with E-state index in [1.807, 2.05) is 0 Å². The Kier molecular flexibility index (Phi) is 7.61. The van der Waals surface area contributed by atoms with Crippen molar-refractivity contribution in [3.05, 3.63) is 76.3 Å². The van der Waals surface area contributed by atoms with Crippen LogP contribution in [0.5, 0.6) is 34.5 Å². The second kappa shape index (κ2) is 10.9. The van der Waals surface area contributed by atoms with Gasteiger partial charge in [0, 0.05) is 6.07 Å². The van der Waals surface area contributed by atoms with E-state index in [4.69, 9.17) is 23.7 Å². The van der Waals surface area contributed by atoms with Gasteiger partial charge in [0.15, 0.2) is 29.6 Å². The lowest BCUT2D eigenvalue weighted by Gasteiger charge is -2.13. The first-order valence-electron chi connectivity index (χ1n) is 10.8. The number of Topliss-reactive ketones (excluding diaryl/α,β-unsaturated/α-hetero) is 1. The Balaban J connectivity index is 1.49. The number of hydrogen-bond donors (Lipinski definition) is 0. The fraction of sp³-hybridized carbons (Fsp3) is 0.154. The normalized spacial score (nSPS) is 13.1. The minimum absolute atomic E-state index is 0.0321. The summed E-state index contributed by atoms with van der Waals surface area (Å²) in [6, 6.07) is 6.91. The van der Waals surface area contributed by atoms with Gasteiger partial charge in [-0.2, -0.15) is 8.78 Å². The molecular formula is C26H17F5O8. The van der Waals surface area contributed by atoms with Crippen molar-refractivity contribution in [1.29, 1.82) is 0 Å². The van der Waals surface area contributed by atoms with E-state index in [0.717, 1.165) is 0 Å². The maximum absolute atomic E-state index is 13.7. The fourth-order valence-corrected chi connectivity index (χ4v) is 3.57. The number of carbonyl (C=O) groups excluding carboxylic acids is 2. The molecule has 0 atom stereocenters. The van der Waals surface area contributed by atoms with Crippen LogP contribution in [-0.4, -0.2) is 39.7 Å². The highest BCUT2D eigenvalue weighted by Gasteiger charge is 2.30. The molecule has 3 aromatic carbocycles. The Hall–Kier alpha value is -4.81. The van der Waals surface area contributed by atoms with Crippen LogP contribution in [0, 0.1) is 29.1 Å². The fourth-order valence-electron chi connectivity index (χ4n) is 3.57. The Morgan fingerprint density at radius 1 is 0.821 bits per heavy atom. The van der Waals surface area contributed by atoms with E-state index in [1.165, 1.54) is 45.6 Å². The molecule has 13 heteroatoms. The predicted octanol–water partition coefficient (Wildman–Crippen LogP) is 5.01. The van der Waals surface area contributed by atoms with Crippen LogP contribution in [-0.2, 0) is 4.79 Å². The van der Waals surface area contributed by atoms with Gasteiger partial charge in [0.1, 0.15) is 11.5 Å². The van der Waals surface area contributed by atoms with Gasteiger partial charge < -0.3 is 28.4 Å². The average Bonchev–Trinajstić information content (AvgIpc) is 3.23. The standard InChI is InChI=1S/C26H17F5O8/c1-34-16-7-11(8-17(35-2)25(16)36-3)6-15-24(33)13-5-4-12(9-14(13)39-15)38-18(32)10-37-26-22(30)20(28)19(27)21(29)23(26)31/h4-9H,10H2,1-3H3/b15-6-. The van der Waals surface area contributed by atoms with Crippen molar-refractivity contribution in [2.24, 2.45) is 0 Å². The average molecular weight is 552 g/mol. The minimum Gasteiger partial charge on any atom is -0.493 e. The van der Waals surface area contributed by atoms with Gasteiger partial charge in [-0.25, -0.2) is 18.0 Å². The van der Waals surface area contributed by atoms with Gasteiger partial charge in [-0.3, -0.25) is 4.79 Å². The van der Waals surface area contributed by atoms with Crippen LogP contribution in [0.1, 0.15) is 15.9 Å². The van der Waals surface area contributed by atoms with Gasteiger partial charge in [0.25, 0.3) is 0 Å². The van der Waals surface area contributed by atoms with Crippen molar-refractivity contribution in [3.8, 4) is 34.5 Å². The molecule has 0 saturated carbocycles. The molecule has 0 saturated heterocycles. The van der Waals surface area contributed by atoms with Gasteiger partial charge >= 0.3 is 5.97 Å². The number of rotatable bonds is 8. The summed E-state index contributed by atoms with van der Waals surface area (Å²) in [6.45, 7) is -1.19. The molecule has 1 heterocycles. The molecule has 0 spiro atoms. The Morgan fingerprint density at radius 2 is 1.41 bits per heavy atom. The number of ether oxygens (including phenoxy) is 6. The monoisotopic (exact) mass is 552 g/mol. The van der Waals surface area contributed by atoms with Crippen LogP contribution in [0.15, 0.2) is 36.1 Å². The van der Waals surface area contributed by atoms with E-state index >= 15 is 0 Å². The van der Waals surface area contributed by atoms with Crippen LogP contribution < -0.4 is 28.4 Å². The third-order valence-corrected chi connectivity index (χ3v) is 5.36. The molecule has 3 aromatic rings. The molecule has 1 aliphatic rings. The summed E-state index contributed by atoms with van der Waals surface area (Å²) < 4.78 is 98.0. The molecule has 0 unspecified atom stereocenters. The van der Waals surface area contributed by atoms with E-state index in [9.17, 15) is 31.5 Å². The summed E-state index contributed by atoms with van der Waals surface area (Å²) >= 11 is 0. The Bertz CT molecular complexity index is 1460. The molecule has 0 N–H and O–H groups in total. The van der Waals surface area contributed by atoms with Crippen LogP contribution in [0.2, 0.25) is 0 Å². The molecule has 0 aliphatic carbocycles. The van der Waals surface area contributed by atoms with E-state index < -0.39 is 53.2 Å². The first-order chi connectivity index (χ1) is 18.6. The first-order valence-corrected chi connectivity index (χ1v) is 10.8. The van der Waals surface area contributed by atoms with Crippen LogP contribution in [0.25, 0.3) is 6.08 Å². The molecule has 1 aliphatic heterocycles. The van der Waals surface area contributed by atoms with Gasteiger partial charge in [0.05, 0.1) is 26.9 Å². The third kappa shape index (κ3) is 5.15. The lowest BCUT2D eigenvalue weighted by Crippen LogP contribution is -2.19. The van der Waals surface area contributed by atoms with E-state index in [1.54, 1.807) is 12.1 Å². The van der Waals surface area contributed by atoms with Crippen molar-refractivity contribution in [2.75, 3.05) is 27.9 Å². The van der Waals surface area contributed by atoms with E-state index in [0.29, 0.717) is 22.8 Å². The number of hydrogen-bond acceptors (Lipinski definition) is 8. The predicted molar refractivity (Wildman–Crippen MR) is 123 cm³/mol.